The highest BCUT2D eigenvalue weighted by Crippen LogP contribution is 2.28. The number of hydrogen-bond acceptors (Lipinski definition) is 4. The van der Waals surface area contributed by atoms with Gasteiger partial charge in [0.2, 0.25) is 0 Å². The number of para-hydroxylation sites is 1. The molecule has 0 bridgehead atoms. The summed E-state index contributed by atoms with van der Waals surface area (Å²) in [5.74, 6) is 0. The van der Waals surface area contributed by atoms with Gasteiger partial charge in [-0.25, -0.2) is 4.79 Å². The van der Waals surface area contributed by atoms with Crippen molar-refractivity contribution in [3.05, 3.63) is 48.5 Å². The molecule has 0 saturated carbocycles. The Balaban J connectivity index is 2.04. The highest BCUT2D eigenvalue weighted by atomic mass is 32.2. The van der Waals surface area contributed by atoms with Gasteiger partial charge >= 0.3 is 6.03 Å². The number of urea groups is 1. The number of carbonyl (C=O) groups excluding carboxylic acids is 1. The number of amides is 2. The summed E-state index contributed by atoms with van der Waals surface area (Å²) in [5, 5.41) is 8.39. The second-order valence-electron chi connectivity index (χ2n) is 4.00. The lowest BCUT2D eigenvalue weighted by atomic mass is 10.3. The maximum Gasteiger partial charge on any atom is 0.323 e. The van der Waals surface area contributed by atoms with Gasteiger partial charge in [0.25, 0.3) is 0 Å². The zero-order valence-electron chi connectivity index (χ0n) is 10.9. The quantitative estimate of drug-likeness (QED) is 0.643. The van der Waals surface area contributed by atoms with Crippen LogP contribution in [0.25, 0.3) is 0 Å². The van der Waals surface area contributed by atoms with E-state index in [4.69, 9.17) is 0 Å². The van der Waals surface area contributed by atoms with Crippen LogP contribution < -0.4 is 16.0 Å². The Morgan fingerprint density at radius 1 is 1.05 bits per heavy atom. The minimum atomic E-state index is -0.331. The van der Waals surface area contributed by atoms with Crippen molar-refractivity contribution in [1.29, 1.82) is 0 Å². The molecule has 0 aromatic heterocycles. The molecule has 2 rings (SSSR count). The molecular formula is C14H15N3O2S. The number of nitrogens with one attached hydrogen (secondary N) is 3. The molecule has 0 spiro atoms. The monoisotopic (exact) mass is 289 g/mol. The van der Waals surface area contributed by atoms with Crippen LogP contribution in [0.5, 0.6) is 0 Å². The van der Waals surface area contributed by atoms with Crippen LogP contribution in [0.15, 0.2) is 53.4 Å². The molecule has 0 fully saturated rings. The van der Waals surface area contributed by atoms with E-state index in [1.807, 2.05) is 18.2 Å². The average molecular weight is 289 g/mol. The van der Waals surface area contributed by atoms with E-state index in [0.29, 0.717) is 28.3 Å². The van der Waals surface area contributed by atoms with Gasteiger partial charge in [0.1, 0.15) is 0 Å². The van der Waals surface area contributed by atoms with E-state index in [-0.39, 0.29) is 6.03 Å². The molecule has 0 aliphatic heterocycles. The zero-order valence-corrected chi connectivity index (χ0v) is 11.7. The molecule has 0 aliphatic rings. The van der Waals surface area contributed by atoms with Crippen LogP contribution in [0.3, 0.4) is 0 Å². The summed E-state index contributed by atoms with van der Waals surface area (Å²) in [6.07, 6.45) is 0. The first-order chi connectivity index (χ1) is 9.72. The second-order valence-corrected chi connectivity index (χ2v) is 4.62. The fraction of sp³-hybridized carbons (Fsp3) is 0.0714. The number of anilines is 3. The predicted octanol–water partition coefficient (Wildman–Crippen LogP) is 3.94. The Morgan fingerprint density at radius 3 is 2.40 bits per heavy atom. The van der Waals surface area contributed by atoms with E-state index in [0.717, 1.165) is 5.69 Å². The Hall–Kier alpha value is -2.18. The number of hydrogen-bond donors (Lipinski definition) is 4. The van der Waals surface area contributed by atoms with E-state index in [2.05, 4.69) is 16.0 Å². The van der Waals surface area contributed by atoms with Gasteiger partial charge in [-0.05, 0) is 30.3 Å². The maximum atomic E-state index is 11.8. The number of benzene rings is 2. The summed E-state index contributed by atoms with van der Waals surface area (Å²) in [4.78, 5) is 12.5. The van der Waals surface area contributed by atoms with E-state index in [1.165, 1.54) is 0 Å². The third kappa shape index (κ3) is 3.66. The second kappa shape index (κ2) is 6.83. The number of rotatable bonds is 4. The Bertz CT molecular complexity index is 590. The van der Waals surface area contributed by atoms with Crippen molar-refractivity contribution in [3.63, 3.8) is 0 Å². The topological polar surface area (TPSA) is 73.4 Å². The largest absolute Gasteiger partial charge is 0.387 e. The van der Waals surface area contributed by atoms with Gasteiger partial charge in [0, 0.05) is 30.5 Å². The zero-order chi connectivity index (χ0) is 14.4. The highest BCUT2D eigenvalue weighted by molar-refractivity contribution is 7.94. The highest BCUT2D eigenvalue weighted by Gasteiger charge is 2.06. The molecule has 0 atom stereocenters. The van der Waals surface area contributed by atoms with E-state index >= 15 is 0 Å². The van der Waals surface area contributed by atoms with Gasteiger partial charge < -0.3 is 20.5 Å². The third-order valence-electron chi connectivity index (χ3n) is 2.64. The Morgan fingerprint density at radius 2 is 1.75 bits per heavy atom. The molecule has 104 valence electrons. The van der Waals surface area contributed by atoms with Gasteiger partial charge in [-0.3, -0.25) is 0 Å². The summed E-state index contributed by atoms with van der Waals surface area (Å²) in [6.45, 7) is 0. The molecule has 2 amide bonds. The lowest BCUT2D eigenvalue weighted by Crippen LogP contribution is -2.19. The maximum absolute atomic E-state index is 11.8. The first-order valence-electron chi connectivity index (χ1n) is 5.99. The minimum absolute atomic E-state index is 0.331. The summed E-state index contributed by atoms with van der Waals surface area (Å²) in [6, 6.07) is 14.1. The van der Waals surface area contributed by atoms with E-state index in [9.17, 15) is 9.35 Å². The van der Waals surface area contributed by atoms with Gasteiger partial charge in [0.05, 0.1) is 10.6 Å². The number of carbonyl (C=O) groups is 1. The fourth-order valence-electron chi connectivity index (χ4n) is 1.70. The van der Waals surface area contributed by atoms with Crippen molar-refractivity contribution in [2.45, 2.75) is 4.90 Å². The molecule has 5 nitrogen and oxygen atoms in total. The van der Waals surface area contributed by atoms with Crippen molar-refractivity contribution in [2.24, 2.45) is 0 Å². The fourth-order valence-corrected chi connectivity index (χ4v) is 2.15. The first kappa shape index (κ1) is 14.2. The predicted molar refractivity (Wildman–Crippen MR) is 83.6 cm³/mol. The van der Waals surface area contributed by atoms with Gasteiger partial charge in [0.15, 0.2) is 0 Å². The van der Waals surface area contributed by atoms with Crippen LogP contribution in [0.2, 0.25) is 0 Å². The molecular weight excluding hydrogens is 274 g/mol. The summed E-state index contributed by atoms with van der Waals surface area (Å²) >= 11 is 0.631. The van der Waals surface area contributed by atoms with Gasteiger partial charge in [-0.1, -0.05) is 18.2 Å². The van der Waals surface area contributed by atoms with Crippen molar-refractivity contribution in [1.82, 2.24) is 0 Å². The summed E-state index contributed by atoms with van der Waals surface area (Å²) in [5.41, 5.74) is 2.12. The molecule has 0 unspecified atom stereocenters. The summed E-state index contributed by atoms with van der Waals surface area (Å²) < 4.78 is 9.19. The van der Waals surface area contributed by atoms with Crippen molar-refractivity contribution >= 4 is 35.1 Å². The van der Waals surface area contributed by atoms with Crippen molar-refractivity contribution in [3.8, 4) is 0 Å². The Kier molecular flexibility index (Phi) is 4.86. The lowest BCUT2D eigenvalue weighted by molar-refractivity contribution is 0.262. The molecule has 0 saturated heterocycles. The van der Waals surface area contributed by atoms with Crippen LogP contribution >= 0.6 is 12.0 Å². The smallest absolute Gasteiger partial charge is 0.323 e. The summed E-state index contributed by atoms with van der Waals surface area (Å²) in [7, 11) is 1.77. The van der Waals surface area contributed by atoms with E-state index < -0.39 is 0 Å². The normalized spacial score (nSPS) is 9.90. The van der Waals surface area contributed by atoms with Crippen LogP contribution in [-0.4, -0.2) is 17.6 Å². The average Bonchev–Trinajstić information content (AvgIpc) is 2.48. The molecule has 20 heavy (non-hydrogen) atoms. The van der Waals surface area contributed by atoms with Gasteiger partial charge in [-0.15, -0.1) is 0 Å². The minimum Gasteiger partial charge on any atom is -0.387 e. The molecule has 2 aromatic carbocycles. The standard InChI is InChI=1S/C14H15N3O2S/c1-15-12-8-7-11(9-13(12)20-19)17-14(18)16-10-5-3-2-4-6-10/h2-9,15,19H,1H3,(H2,16,17,18). The van der Waals surface area contributed by atoms with Crippen molar-refractivity contribution in [2.75, 3.05) is 23.0 Å². The molecule has 2 aromatic rings. The molecule has 6 heteroatoms. The van der Waals surface area contributed by atoms with Gasteiger partial charge in [-0.2, -0.15) is 0 Å². The van der Waals surface area contributed by atoms with E-state index in [1.54, 1.807) is 37.4 Å². The van der Waals surface area contributed by atoms with Crippen LogP contribution in [-0.2, 0) is 0 Å². The first-order valence-corrected chi connectivity index (χ1v) is 6.76. The van der Waals surface area contributed by atoms with Crippen LogP contribution in [0.1, 0.15) is 0 Å². The van der Waals surface area contributed by atoms with Crippen LogP contribution in [0.4, 0.5) is 21.9 Å². The molecule has 0 radical (unpaired) electrons. The van der Waals surface area contributed by atoms with Crippen molar-refractivity contribution < 1.29 is 9.35 Å². The molecule has 0 aliphatic carbocycles. The third-order valence-corrected chi connectivity index (χ3v) is 3.17. The molecule has 4 N–H and O–H groups in total. The van der Waals surface area contributed by atoms with Crippen LogP contribution in [0, 0.1) is 0 Å². The molecule has 0 heterocycles. The lowest BCUT2D eigenvalue weighted by Gasteiger charge is -2.10. The SMILES string of the molecule is CNc1ccc(NC(=O)Nc2ccccc2)cc1SO. The Labute approximate surface area is 121 Å².